The zero-order chi connectivity index (χ0) is 14.2. The molecule has 3 fully saturated rings. The topological polar surface area (TPSA) is 59.6 Å². The van der Waals surface area contributed by atoms with Crippen molar-refractivity contribution in [3.05, 3.63) is 0 Å². The van der Waals surface area contributed by atoms with E-state index in [1.165, 1.54) is 12.8 Å². The van der Waals surface area contributed by atoms with Crippen LogP contribution in [0.3, 0.4) is 0 Å². The van der Waals surface area contributed by atoms with Crippen molar-refractivity contribution < 1.29 is 14.3 Å². The van der Waals surface area contributed by atoms with Crippen LogP contribution in [0, 0.1) is 17.3 Å². The van der Waals surface area contributed by atoms with Crippen LogP contribution in [0.1, 0.15) is 33.1 Å². The first-order chi connectivity index (χ1) is 9.59. The molecule has 0 radical (unpaired) electrons. The van der Waals surface area contributed by atoms with Crippen molar-refractivity contribution in [3.63, 3.8) is 0 Å². The highest BCUT2D eigenvalue weighted by Crippen LogP contribution is 2.51. The highest BCUT2D eigenvalue weighted by atomic mass is 16.5. The molecule has 5 heteroatoms. The van der Waals surface area contributed by atoms with Crippen LogP contribution in [-0.2, 0) is 9.47 Å². The largest absolute Gasteiger partial charge is 0.379 e. The Morgan fingerprint density at radius 3 is 2.90 bits per heavy atom. The van der Waals surface area contributed by atoms with Gasteiger partial charge in [0.15, 0.2) is 0 Å². The first kappa shape index (κ1) is 14.1. The summed E-state index contributed by atoms with van der Waals surface area (Å²) in [5.74, 6) is 1.26. The second-order valence-electron chi connectivity index (χ2n) is 6.96. The number of fused-ring (bicyclic) bond motifs is 1. The zero-order valence-electron chi connectivity index (χ0n) is 12.5. The molecular weight excluding hydrogens is 256 g/mol. The molecule has 5 nitrogen and oxygen atoms in total. The molecular formula is C15H26N2O3. The zero-order valence-corrected chi connectivity index (χ0v) is 12.5. The molecule has 1 saturated heterocycles. The van der Waals surface area contributed by atoms with E-state index in [0.29, 0.717) is 25.2 Å². The Morgan fingerprint density at radius 1 is 1.35 bits per heavy atom. The molecule has 0 aromatic heterocycles. The third kappa shape index (κ3) is 2.79. The van der Waals surface area contributed by atoms with Gasteiger partial charge in [-0.25, -0.2) is 4.79 Å². The Hall–Kier alpha value is -0.810. The summed E-state index contributed by atoms with van der Waals surface area (Å²) in [5.41, 5.74) is 0.0426. The lowest BCUT2D eigenvalue weighted by Crippen LogP contribution is -2.67. The fourth-order valence-corrected chi connectivity index (χ4v) is 3.58. The molecule has 0 unspecified atom stereocenters. The lowest BCUT2D eigenvalue weighted by Gasteiger charge is -2.54. The third-order valence-electron chi connectivity index (χ3n) is 4.97. The van der Waals surface area contributed by atoms with E-state index in [1.807, 2.05) is 0 Å². The van der Waals surface area contributed by atoms with Crippen LogP contribution in [-0.4, -0.2) is 44.5 Å². The number of carbonyl (C=O) groups excluding carboxylic acids is 1. The van der Waals surface area contributed by atoms with Gasteiger partial charge in [-0.05, 0) is 25.2 Å². The predicted octanol–water partition coefficient (Wildman–Crippen LogP) is 1.53. The average molecular weight is 282 g/mol. The average Bonchev–Trinajstić information content (AvgIpc) is 3.11. The van der Waals surface area contributed by atoms with E-state index in [1.54, 1.807) is 0 Å². The summed E-state index contributed by atoms with van der Waals surface area (Å²) in [6.45, 7) is 7.20. The van der Waals surface area contributed by atoms with Gasteiger partial charge in [0, 0.05) is 37.1 Å². The quantitative estimate of drug-likeness (QED) is 0.726. The fraction of sp³-hybridized carbons (Fsp3) is 0.933. The minimum absolute atomic E-state index is 0.0426. The number of ether oxygens (including phenoxy) is 2. The molecule has 3 rings (SSSR count). The first-order valence-corrected chi connectivity index (χ1v) is 7.83. The fourth-order valence-electron chi connectivity index (χ4n) is 3.58. The van der Waals surface area contributed by atoms with Crippen LogP contribution in [0.5, 0.6) is 0 Å². The van der Waals surface area contributed by atoms with Crippen LogP contribution >= 0.6 is 0 Å². The molecule has 1 aliphatic heterocycles. The second-order valence-corrected chi connectivity index (χ2v) is 6.96. The molecule has 2 amide bonds. The van der Waals surface area contributed by atoms with Gasteiger partial charge in [-0.1, -0.05) is 13.8 Å². The molecule has 3 atom stereocenters. The van der Waals surface area contributed by atoms with Crippen molar-refractivity contribution in [2.24, 2.45) is 17.3 Å². The van der Waals surface area contributed by atoms with Crippen molar-refractivity contribution in [3.8, 4) is 0 Å². The van der Waals surface area contributed by atoms with Crippen LogP contribution in [0.2, 0.25) is 0 Å². The number of nitrogens with one attached hydrogen (secondary N) is 2. The van der Waals surface area contributed by atoms with E-state index in [2.05, 4.69) is 24.5 Å². The van der Waals surface area contributed by atoms with Gasteiger partial charge in [-0.15, -0.1) is 0 Å². The molecule has 1 heterocycles. The summed E-state index contributed by atoms with van der Waals surface area (Å²) < 4.78 is 11.2. The number of rotatable bonds is 6. The summed E-state index contributed by atoms with van der Waals surface area (Å²) in [4.78, 5) is 11.9. The van der Waals surface area contributed by atoms with E-state index in [-0.39, 0.29) is 17.5 Å². The Balaban J connectivity index is 1.33. The highest BCUT2D eigenvalue weighted by molar-refractivity contribution is 5.74. The molecule has 2 saturated carbocycles. The summed E-state index contributed by atoms with van der Waals surface area (Å²) >= 11 is 0. The predicted molar refractivity (Wildman–Crippen MR) is 75.5 cm³/mol. The maximum Gasteiger partial charge on any atom is 0.315 e. The minimum atomic E-state index is -0.0801. The van der Waals surface area contributed by atoms with Gasteiger partial charge in [0.2, 0.25) is 0 Å². The van der Waals surface area contributed by atoms with Crippen LogP contribution in [0.15, 0.2) is 0 Å². The Bertz CT molecular complexity index is 368. The third-order valence-corrected chi connectivity index (χ3v) is 4.97. The maximum atomic E-state index is 11.9. The molecule has 0 bridgehead atoms. The highest BCUT2D eigenvalue weighted by Gasteiger charge is 2.59. The monoisotopic (exact) mass is 282 g/mol. The molecule has 0 aromatic carbocycles. The SMILES string of the molecule is CC1(C)[C@H](NC(=O)NCCOCC2CC2)[C@@H]2CCO[C@@H]21. The van der Waals surface area contributed by atoms with E-state index < -0.39 is 0 Å². The van der Waals surface area contributed by atoms with Crippen LogP contribution in [0.25, 0.3) is 0 Å². The molecule has 3 aliphatic rings. The van der Waals surface area contributed by atoms with Crippen molar-refractivity contribution in [2.45, 2.75) is 45.3 Å². The Labute approximate surface area is 120 Å². The van der Waals surface area contributed by atoms with E-state index in [4.69, 9.17) is 9.47 Å². The lowest BCUT2D eigenvalue weighted by atomic mass is 9.57. The van der Waals surface area contributed by atoms with Gasteiger partial charge in [0.05, 0.1) is 12.7 Å². The van der Waals surface area contributed by atoms with E-state index in [0.717, 1.165) is 25.6 Å². The molecule has 2 N–H and O–H groups in total. The maximum absolute atomic E-state index is 11.9. The van der Waals surface area contributed by atoms with E-state index >= 15 is 0 Å². The lowest BCUT2D eigenvalue weighted by molar-refractivity contribution is -0.108. The summed E-state index contributed by atoms with van der Waals surface area (Å²) in [6, 6.07) is 0.144. The molecule has 2 aliphatic carbocycles. The number of urea groups is 1. The van der Waals surface area contributed by atoms with Crippen LogP contribution < -0.4 is 10.6 Å². The number of amides is 2. The molecule has 0 spiro atoms. The first-order valence-electron chi connectivity index (χ1n) is 7.83. The van der Waals surface area contributed by atoms with Gasteiger partial charge < -0.3 is 20.1 Å². The molecule has 114 valence electrons. The molecule has 20 heavy (non-hydrogen) atoms. The smallest absolute Gasteiger partial charge is 0.315 e. The van der Waals surface area contributed by atoms with Crippen molar-refractivity contribution in [1.29, 1.82) is 0 Å². The van der Waals surface area contributed by atoms with Crippen LogP contribution in [0.4, 0.5) is 4.79 Å². The van der Waals surface area contributed by atoms with Crippen molar-refractivity contribution in [2.75, 3.05) is 26.4 Å². The van der Waals surface area contributed by atoms with Gasteiger partial charge in [0.1, 0.15) is 0 Å². The molecule has 0 aromatic rings. The summed E-state index contributed by atoms with van der Waals surface area (Å²) in [7, 11) is 0. The number of carbonyl (C=O) groups is 1. The minimum Gasteiger partial charge on any atom is -0.379 e. The van der Waals surface area contributed by atoms with Crippen molar-refractivity contribution >= 4 is 6.03 Å². The van der Waals surface area contributed by atoms with Gasteiger partial charge in [-0.3, -0.25) is 0 Å². The Kier molecular flexibility index (Phi) is 3.91. The number of hydrogen-bond donors (Lipinski definition) is 2. The van der Waals surface area contributed by atoms with E-state index in [9.17, 15) is 4.79 Å². The second kappa shape index (κ2) is 5.53. The van der Waals surface area contributed by atoms with Gasteiger partial charge >= 0.3 is 6.03 Å². The Morgan fingerprint density at radius 2 is 2.15 bits per heavy atom. The standard InChI is InChI=1S/C15H26N2O3/c1-15(2)12(11-5-7-20-13(11)15)17-14(18)16-6-8-19-9-10-3-4-10/h10-13H,3-9H2,1-2H3,(H2,16,17,18)/t11-,12+,13-/m0/s1. The van der Waals surface area contributed by atoms with Gasteiger partial charge in [0.25, 0.3) is 0 Å². The normalized spacial score (nSPS) is 34.2. The summed E-state index contributed by atoms with van der Waals surface area (Å²) in [5, 5.41) is 5.98. The van der Waals surface area contributed by atoms with Crippen molar-refractivity contribution in [1.82, 2.24) is 10.6 Å². The van der Waals surface area contributed by atoms with Gasteiger partial charge in [-0.2, -0.15) is 0 Å². The number of hydrogen-bond acceptors (Lipinski definition) is 3. The summed E-state index contributed by atoms with van der Waals surface area (Å²) in [6.07, 6.45) is 3.98.